The number of phosphoric ester groups is 1. The zero-order valence-corrected chi connectivity index (χ0v) is 14.9. The molecule has 1 rings (SSSR count). The van der Waals surface area contributed by atoms with Gasteiger partial charge in [0, 0.05) is 6.42 Å². The van der Waals surface area contributed by atoms with Crippen LogP contribution < -0.4 is 0 Å². The van der Waals surface area contributed by atoms with Crippen molar-refractivity contribution in [3.63, 3.8) is 0 Å². The van der Waals surface area contributed by atoms with E-state index < -0.39 is 7.82 Å². The van der Waals surface area contributed by atoms with E-state index in [1.54, 1.807) is 6.08 Å². The van der Waals surface area contributed by atoms with E-state index in [1.807, 2.05) is 45.4 Å². The molecule has 1 aromatic carbocycles. The third-order valence-corrected chi connectivity index (χ3v) is 4.10. The van der Waals surface area contributed by atoms with Crippen molar-refractivity contribution in [1.82, 2.24) is 0 Å². The third-order valence-electron chi connectivity index (χ3n) is 3.61. The minimum absolute atomic E-state index is 0.00876. The maximum absolute atomic E-state index is 10.9. The lowest BCUT2D eigenvalue weighted by Crippen LogP contribution is -2.48. The van der Waals surface area contributed by atoms with Crippen LogP contribution in [-0.4, -0.2) is 54.7 Å². The second kappa shape index (κ2) is 8.73. The smallest absolute Gasteiger partial charge is 0.377 e. The molecule has 1 unspecified atom stereocenters. The van der Waals surface area contributed by atoms with Crippen molar-refractivity contribution in [3.8, 4) is 0 Å². The highest BCUT2D eigenvalue weighted by atomic mass is 31.2. The molecule has 130 valence electrons. The van der Waals surface area contributed by atoms with Gasteiger partial charge in [0.05, 0.1) is 34.4 Å². The molecule has 6 nitrogen and oxygen atoms in total. The van der Waals surface area contributed by atoms with E-state index in [1.165, 1.54) is 0 Å². The average molecular weight is 344 g/mol. The normalized spacial score (nSPS) is 13.8. The molecule has 0 saturated carbocycles. The maximum Gasteiger partial charge on any atom is 0.469 e. The summed E-state index contributed by atoms with van der Waals surface area (Å²) in [5.41, 5.74) is 2.14. The summed E-state index contributed by atoms with van der Waals surface area (Å²) in [4.78, 5) is 17.7. The second-order valence-electron chi connectivity index (χ2n) is 6.34. The molecule has 1 aromatic rings. The molecule has 1 atom stereocenters. The number of benzene rings is 1. The molecule has 0 heterocycles. The molecular formula is C16H27NO5P+. The molecule has 0 aromatic heterocycles. The van der Waals surface area contributed by atoms with E-state index >= 15 is 0 Å². The van der Waals surface area contributed by atoms with Gasteiger partial charge in [0.2, 0.25) is 0 Å². The zero-order chi connectivity index (χ0) is 17.5. The molecule has 0 aliphatic heterocycles. The molecule has 0 fully saturated rings. The van der Waals surface area contributed by atoms with E-state index in [0.29, 0.717) is 24.1 Å². The third kappa shape index (κ3) is 8.42. The Kier molecular flexibility index (Phi) is 7.61. The van der Waals surface area contributed by atoms with Gasteiger partial charge < -0.3 is 19.0 Å². The fourth-order valence-corrected chi connectivity index (χ4v) is 2.40. The molecule has 7 heteroatoms. The first-order chi connectivity index (χ1) is 10.6. The summed E-state index contributed by atoms with van der Waals surface area (Å²) in [5, 5.41) is 0. The Hall–Kier alpha value is -1.01. The average Bonchev–Trinajstić information content (AvgIpc) is 2.44. The largest absolute Gasteiger partial charge is 0.469 e. The van der Waals surface area contributed by atoms with Gasteiger partial charge >= 0.3 is 7.82 Å². The number of likely N-dealkylation sites (N-methyl/N-ethyl adjacent to an activating group) is 1. The number of nitrogens with zero attached hydrogens (tertiary/aromatic N) is 1. The summed E-state index contributed by atoms with van der Waals surface area (Å²) >= 11 is 0. The van der Waals surface area contributed by atoms with Crippen molar-refractivity contribution in [1.29, 1.82) is 0 Å². The van der Waals surface area contributed by atoms with Crippen LogP contribution in [0, 0.1) is 0 Å². The fraction of sp³-hybridized carbons (Fsp3) is 0.500. The van der Waals surface area contributed by atoms with Crippen molar-refractivity contribution in [2.75, 3.05) is 34.4 Å². The molecule has 2 N–H and O–H groups in total. The van der Waals surface area contributed by atoms with E-state index in [-0.39, 0.29) is 12.6 Å². The number of phosphoric acid groups is 1. The first-order valence-corrected chi connectivity index (χ1v) is 8.95. The number of ether oxygens (including phenoxy) is 1. The Bertz CT molecular complexity index is 532. The molecule has 0 aliphatic carbocycles. The highest BCUT2D eigenvalue weighted by Gasteiger charge is 2.27. The van der Waals surface area contributed by atoms with Crippen LogP contribution in [0.25, 0.3) is 6.08 Å². The molecule has 0 aliphatic rings. The molecule has 0 spiro atoms. The summed E-state index contributed by atoms with van der Waals surface area (Å²) in [5.74, 6) is 0. The second-order valence-corrected chi connectivity index (χ2v) is 7.58. The van der Waals surface area contributed by atoms with Crippen molar-refractivity contribution in [2.45, 2.75) is 19.1 Å². The van der Waals surface area contributed by atoms with Gasteiger partial charge in [0.25, 0.3) is 0 Å². The first-order valence-electron chi connectivity index (χ1n) is 7.42. The molecular weight excluding hydrogens is 317 g/mol. The Morgan fingerprint density at radius 3 is 2.35 bits per heavy atom. The van der Waals surface area contributed by atoms with Crippen LogP contribution in [-0.2, 0) is 20.4 Å². The summed E-state index contributed by atoms with van der Waals surface area (Å²) in [6.45, 7) is 4.70. The van der Waals surface area contributed by atoms with Gasteiger partial charge in [0.15, 0.2) is 0 Å². The summed E-state index contributed by atoms with van der Waals surface area (Å²) in [6, 6.07) is 7.88. The van der Waals surface area contributed by atoms with Crippen molar-refractivity contribution in [2.24, 2.45) is 0 Å². The SMILES string of the molecule is C=Cc1ccc(COCCC(COP(=O)(O)O)[N+](C)(C)C)cc1. The Balaban J connectivity index is 2.42. The molecule has 0 amide bonds. The number of rotatable bonds is 10. The van der Waals surface area contributed by atoms with Crippen molar-refractivity contribution in [3.05, 3.63) is 42.0 Å². The van der Waals surface area contributed by atoms with E-state index in [9.17, 15) is 4.57 Å². The van der Waals surface area contributed by atoms with Crippen LogP contribution in [0.15, 0.2) is 30.8 Å². The minimum atomic E-state index is -4.44. The lowest BCUT2D eigenvalue weighted by molar-refractivity contribution is -0.896. The summed E-state index contributed by atoms with van der Waals surface area (Å²) < 4.78 is 21.7. The predicted molar refractivity (Wildman–Crippen MR) is 90.6 cm³/mol. The minimum Gasteiger partial charge on any atom is -0.377 e. The van der Waals surface area contributed by atoms with Crippen LogP contribution in [0.1, 0.15) is 17.5 Å². The highest BCUT2D eigenvalue weighted by molar-refractivity contribution is 7.46. The van der Waals surface area contributed by atoms with Gasteiger partial charge in [-0.05, 0) is 11.1 Å². The molecule has 0 radical (unpaired) electrons. The van der Waals surface area contributed by atoms with Crippen molar-refractivity contribution >= 4 is 13.9 Å². The van der Waals surface area contributed by atoms with E-state index in [4.69, 9.17) is 14.5 Å². The van der Waals surface area contributed by atoms with Crippen LogP contribution in [0.4, 0.5) is 0 Å². The summed E-state index contributed by atoms with van der Waals surface area (Å²) in [7, 11) is 1.44. The monoisotopic (exact) mass is 344 g/mol. The van der Waals surface area contributed by atoms with Gasteiger partial charge in [-0.1, -0.05) is 36.9 Å². The number of hydrogen-bond acceptors (Lipinski definition) is 3. The standard InChI is InChI=1S/C16H26NO5P/c1-5-14-6-8-15(9-7-14)12-21-11-10-16(17(2,3)4)13-22-23(18,19)20/h5-9,16H,1,10-13H2,2-4H3,(H-,18,19,20)/p+1. The molecule has 0 saturated heterocycles. The van der Waals surface area contributed by atoms with Crippen LogP contribution in [0.5, 0.6) is 0 Å². The van der Waals surface area contributed by atoms with Crippen molar-refractivity contribution < 1.29 is 28.1 Å². The quantitative estimate of drug-likeness (QED) is 0.387. The van der Waals surface area contributed by atoms with Crippen LogP contribution in [0.2, 0.25) is 0 Å². The lowest BCUT2D eigenvalue weighted by atomic mass is 10.1. The number of quaternary nitrogens is 1. The van der Waals surface area contributed by atoms with Gasteiger partial charge in [-0.25, -0.2) is 4.57 Å². The predicted octanol–water partition coefficient (Wildman–Crippen LogP) is 2.42. The Morgan fingerprint density at radius 2 is 1.87 bits per heavy atom. The molecule has 0 bridgehead atoms. The first kappa shape index (κ1) is 20.0. The highest BCUT2D eigenvalue weighted by Crippen LogP contribution is 2.36. The van der Waals surface area contributed by atoms with E-state index in [2.05, 4.69) is 11.1 Å². The maximum atomic E-state index is 10.9. The van der Waals surface area contributed by atoms with E-state index in [0.717, 1.165) is 11.1 Å². The Labute approximate surface area is 138 Å². The fourth-order valence-electron chi connectivity index (χ4n) is 2.04. The summed E-state index contributed by atoms with van der Waals surface area (Å²) in [6.07, 6.45) is 2.44. The number of hydrogen-bond donors (Lipinski definition) is 2. The van der Waals surface area contributed by atoms with Gasteiger partial charge in [-0.15, -0.1) is 0 Å². The zero-order valence-electron chi connectivity index (χ0n) is 14.0. The van der Waals surface area contributed by atoms with Crippen LogP contribution >= 0.6 is 7.82 Å². The topological polar surface area (TPSA) is 76.0 Å². The van der Waals surface area contributed by atoms with Crippen LogP contribution in [0.3, 0.4) is 0 Å². The lowest BCUT2D eigenvalue weighted by Gasteiger charge is -2.34. The van der Waals surface area contributed by atoms with Gasteiger partial charge in [-0.2, -0.15) is 0 Å². The molecule has 23 heavy (non-hydrogen) atoms. The van der Waals surface area contributed by atoms with Gasteiger partial charge in [-0.3, -0.25) is 4.52 Å². The van der Waals surface area contributed by atoms with Gasteiger partial charge in [0.1, 0.15) is 12.6 Å². The Morgan fingerprint density at radius 1 is 1.26 bits per heavy atom.